The number of anilines is 1. The highest BCUT2D eigenvalue weighted by atomic mass is 32.2. The number of hydrogen-bond donors (Lipinski definition) is 2. The summed E-state index contributed by atoms with van der Waals surface area (Å²) in [6.45, 7) is 0. The van der Waals surface area contributed by atoms with E-state index < -0.39 is 5.97 Å². The summed E-state index contributed by atoms with van der Waals surface area (Å²) in [5.41, 5.74) is 4.28. The maximum absolute atomic E-state index is 12.2. The Labute approximate surface area is 181 Å². The fourth-order valence-corrected chi connectivity index (χ4v) is 4.39. The maximum atomic E-state index is 12.2. The minimum Gasteiger partial charge on any atom is -0.478 e. The summed E-state index contributed by atoms with van der Waals surface area (Å²) in [5.74, 6) is -0.769. The lowest BCUT2D eigenvalue weighted by Gasteiger charge is -2.06. The van der Waals surface area contributed by atoms with Gasteiger partial charge in [0.2, 0.25) is 11.1 Å². The number of benzene rings is 3. The molecule has 0 atom stereocenters. The first-order valence-corrected chi connectivity index (χ1v) is 10.6. The Morgan fingerprint density at radius 3 is 2.45 bits per heavy atom. The lowest BCUT2D eigenvalue weighted by molar-refractivity contribution is -0.115. The summed E-state index contributed by atoms with van der Waals surface area (Å²) in [6.07, 6.45) is 0.234. The number of carboxylic acids is 1. The first kappa shape index (κ1) is 19.2. The van der Waals surface area contributed by atoms with Crippen LogP contribution in [-0.4, -0.2) is 37.9 Å². The average Bonchev–Trinajstić information content (AvgIpc) is 3.09. The number of rotatable bonds is 6. The molecule has 0 aliphatic heterocycles. The Hall–Kier alpha value is -3.78. The van der Waals surface area contributed by atoms with Gasteiger partial charge in [-0.1, -0.05) is 54.2 Å². The van der Waals surface area contributed by atoms with E-state index in [0.717, 1.165) is 33.3 Å². The molecule has 4 aromatic rings. The van der Waals surface area contributed by atoms with Gasteiger partial charge in [-0.2, -0.15) is 0 Å². The van der Waals surface area contributed by atoms with Gasteiger partial charge in [-0.15, -0.1) is 10.2 Å². The largest absolute Gasteiger partial charge is 0.478 e. The number of carbonyl (C=O) groups excluding carboxylic acids is 1. The fourth-order valence-electron chi connectivity index (χ4n) is 3.67. The molecule has 152 valence electrons. The number of carbonyl (C=O) groups is 2. The summed E-state index contributed by atoms with van der Waals surface area (Å²) in [6, 6.07) is 18.4. The van der Waals surface area contributed by atoms with Crippen molar-refractivity contribution in [1.82, 2.24) is 15.2 Å². The van der Waals surface area contributed by atoms with Gasteiger partial charge >= 0.3 is 5.97 Å². The Bertz CT molecular complexity index is 1350. The highest BCUT2D eigenvalue weighted by Crippen LogP contribution is 2.44. The van der Waals surface area contributed by atoms with E-state index in [2.05, 4.69) is 27.6 Å². The number of aromatic nitrogens is 3. The molecule has 7 nitrogen and oxygen atoms in total. The van der Waals surface area contributed by atoms with Gasteiger partial charge in [0.1, 0.15) is 11.4 Å². The van der Waals surface area contributed by atoms with Crippen molar-refractivity contribution in [2.75, 3.05) is 11.1 Å². The van der Waals surface area contributed by atoms with Gasteiger partial charge in [-0.25, -0.2) is 9.78 Å². The summed E-state index contributed by atoms with van der Waals surface area (Å²) in [4.78, 5) is 28.0. The Morgan fingerprint density at radius 2 is 1.68 bits per heavy atom. The van der Waals surface area contributed by atoms with Crippen LogP contribution in [0.2, 0.25) is 0 Å². The maximum Gasteiger partial charge on any atom is 0.335 e. The predicted molar refractivity (Wildman–Crippen MR) is 119 cm³/mol. The van der Waals surface area contributed by atoms with Gasteiger partial charge in [-0.05, 0) is 23.6 Å². The summed E-state index contributed by atoms with van der Waals surface area (Å²) >= 11 is 1.36. The predicted octanol–water partition coefficient (Wildman–Crippen LogP) is 4.49. The van der Waals surface area contributed by atoms with Crippen molar-refractivity contribution in [3.8, 4) is 22.5 Å². The number of thioether (sulfide) groups is 1. The second kappa shape index (κ2) is 7.81. The average molecular weight is 428 g/mol. The molecule has 1 heterocycles. The van der Waals surface area contributed by atoms with Crippen molar-refractivity contribution in [3.05, 3.63) is 66.2 Å². The Balaban J connectivity index is 1.26. The van der Waals surface area contributed by atoms with Crippen LogP contribution in [0.1, 0.15) is 16.8 Å². The standard InChI is InChI=1S/C23H16N4O3S/c28-18(24-15-7-1-6-14(12-15)22(29)30)10-11-31-23-25-20-16-8-2-4-13-5-3-9-17(19(13)16)21(20)26-27-23/h1-9,12H,10-11H2,(H,24,28)(H,29,30). The van der Waals surface area contributed by atoms with Crippen LogP contribution in [0.5, 0.6) is 0 Å². The summed E-state index contributed by atoms with van der Waals surface area (Å²) < 4.78 is 0. The van der Waals surface area contributed by atoms with Crippen molar-refractivity contribution in [2.45, 2.75) is 11.6 Å². The van der Waals surface area contributed by atoms with Crippen molar-refractivity contribution in [2.24, 2.45) is 0 Å². The van der Waals surface area contributed by atoms with Crippen LogP contribution in [0.4, 0.5) is 5.69 Å². The van der Waals surface area contributed by atoms with Crippen LogP contribution < -0.4 is 5.32 Å². The van der Waals surface area contributed by atoms with Crippen LogP contribution in [0.3, 0.4) is 0 Å². The van der Waals surface area contributed by atoms with Gasteiger partial charge in [0.05, 0.1) is 5.56 Å². The van der Waals surface area contributed by atoms with E-state index in [1.807, 2.05) is 24.3 Å². The van der Waals surface area contributed by atoms with Crippen LogP contribution in [0.15, 0.2) is 65.8 Å². The third-order valence-corrected chi connectivity index (χ3v) is 5.88. The van der Waals surface area contributed by atoms with Crippen molar-refractivity contribution in [3.63, 3.8) is 0 Å². The van der Waals surface area contributed by atoms with Gasteiger partial charge in [0.25, 0.3) is 0 Å². The Morgan fingerprint density at radius 1 is 0.935 bits per heavy atom. The zero-order valence-electron chi connectivity index (χ0n) is 16.2. The molecule has 0 fully saturated rings. The molecule has 5 rings (SSSR count). The fraction of sp³-hybridized carbons (Fsp3) is 0.0870. The first-order valence-electron chi connectivity index (χ1n) is 9.63. The molecule has 2 N–H and O–H groups in total. The molecule has 0 spiro atoms. The van der Waals surface area contributed by atoms with Gasteiger partial charge < -0.3 is 10.4 Å². The molecule has 0 radical (unpaired) electrons. The molecule has 1 amide bonds. The molecule has 0 saturated heterocycles. The second-order valence-electron chi connectivity index (χ2n) is 7.03. The number of nitrogens with one attached hydrogen (secondary N) is 1. The van der Waals surface area contributed by atoms with E-state index in [0.29, 0.717) is 16.6 Å². The molecule has 8 heteroatoms. The number of hydrogen-bond acceptors (Lipinski definition) is 6. The quantitative estimate of drug-likeness (QED) is 0.384. The molecule has 31 heavy (non-hydrogen) atoms. The summed E-state index contributed by atoms with van der Waals surface area (Å²) in [7, 11) is 0. The van der Waals surface area contributed by atoms with E-state index in [4.69, 9.17) is 10.1 Å². The van der Waals surface area contributed by atoms with Crippen molar-refractivity contribution in [1.29, 1.82) is 0 Å². The first-order chi connectivity index (χ1) is 15.1. The number of fused-ring (bicyclic) bond motifs is 3. The Kier molecular flexibility index (Phi) is 4.83. The van der Waals surface area contributed by atoms with E-state index >= 15 is 0 Å². The van der Waals surface area contributed by atoms with E-state index in [9.17, 15) is 9.59 Å². The van der Waals surface area contributed by atoms with Crippen molar-refractivity contribution < 1.29 is 14.7 Å². The normalized spacial score (nSPS) is 11.4. The molecular formula is C23H16N4O3S. The van der Waals surface area contributed by atoms with Gasteiger partial charge in [0.15, 0.2) is 0 Å². The van der Waals surface area contributed by atoms with E-state index in [1.165, 1.54) is 23.9 Å². The number of aromatic carboxylic acids is 1. The smallest absolute Gasteiger partial charge is 0.335 e. The monoisotopic (exact) mass is 428 g/mol. The van der Waals surface area contributed by atoms with Crippen LogP contribution in [0.25, 0.3) is 33.3 Å². The number of carboxylic acid groups (broad SMARTS) is 1. The molecular weight excluding hydrogens is 412 g/mol. The van der Waals surface area contributed by atoms with E-state index in [1.54, 1.807) is 12.1 Å². The molecule has 1 aliphatic rings. The lowest BCUT2D eigenvalue weighted by atomic mass is 10.0. The SMILES string of the molecule is O=C(CCSc1nnc2c(n1)-c1cccc3cccc-2c13)Nc1cccc(C(=O)O)c1. The third-order valence-electron chi connectivity index (χ3n) is 5.04. The number of nitrogens with zero attached hydrogens (tertiary/aromatic N) is 3. The molecule has 1 aliphatic carbocycles. The van der Waals surface area contributed by atoms with Crippen LogP contribution in [0, 0.1) is 0 Å². The van der Waals surface area contributed by atoms with Gasteiger partial charge in [-0.3, -0.25) is 4.79 Å². The highest BCUT2D eigenvalue weighted by molar-refractivity contribution is 7.99. The number of amides is 1. The third kappa shape index (κ3) is 3.62. The van der Waals surface area contributed by atoms with Crippen LogP contribution >= 0.6 is 11.8 Å². The zero-order chi connectivity index (χ0) is 21.4. The molecule has 0 saturated carbocycles. The highest BCUT2D eigenvalue weighted by Gasteiger charge is 2.24. The molecule has 0 bridgehead atoms. The van der Waals surface area contributed by atoms with Crippen LogP contribution in [-0.2, 0) is 4.79 Å². The summed E-state index contributed by atoms with van der Waals surface area (Å²) in [5, 5.41) is 23.2. The molecule has 3 aromatic carbocycles. The van der Waals surface area contributed by atoms with E-state index in [-0.39, 0.29) is 17.9 Å². The minimum absolute atomic E-state index is 0.126. The molecule has 0 unspecified atom stereocenters. The lowest BCUT2D eigenvalue weighted by Crippen LogP contribution is -2.12. The van der Waals surface area contributed by atoms with Gasteiger partial charge in [0, 0.05) is 34.4 Å². The molecule has 1 aromatic heterocycles. The van der Waals surface area contributed by atoms with Crippen molar-refractivity contribution >= 4 is 40.1 Å². The zero-order valence-corrected chi connectivity index (χ0v) is 17.0. The topological polar surface area (TPSA) is 105 Å². The second-order valence-corrected chi connectivity index (χ2v) is 8.10. The minimum atomic E-state index is -1.04.